The number of hydrogen-bond acceptors (Lipinski definition) is 7. The molecule has 0 spiro atoms. The lowest BCUT2D eigenvalue weighted by molar-refractivity contribution is -0.150. The Morgan fingerprint density at radius 2 is 2.03 bits per heavy atom. The average molecular weight is 526 g/mol. The number of hydrogen-bond donors (Lipinski definition) is 4. The Hall–Kier alpha value is -4.00. The Kier molecular flexibility index (Phi) is 7.02. The summed E-state index contributed by atoms with van der Waals surface area (Å²) < 4.78 is 25.5. The second kappa shape index (κ2) is 10.4. The number of nitrogens with zero attached hydrogens (tertiary/aromatic N) is 2. The topological polar surface area (TPSA) is 150 Å². The van der Waals surface area contributed by atoms with Gasteiger partial charge in [-0.3, -0.25) is 14.4 Å². The van der Waals surface area contributed by atoms with Crippen molar-refractivity contribution in [1.82, 2.24) is 9.88 Å². The number of carbonyl (C=O) groups excluding carboxylic acids is 3. The van der Waals surface area contributed by atoms with Gasteiger partial charge in [-0.15, -0.1) is 0 Å². The van der Waals surface area contributed by atoms with Crippen LogP contribution in [-0.4, -0.2) is 83.9 Å². The van der Waals surface area contributed by atoms with Crippen LogP contribution in [0.1, 0.15) is 17.3 Å². The lowest BCUT2D eigenvalue weighted by atomic mass is 10.1. The molecule has 2 saturated heterocycles. The van der Waals surface area contributed by atoms with Crippen LogP contribution >= 0.6 is 0 Å². The highest BCUT2D eigenvalue weighted by Gasteiger charge is 2.40. The predicted octanol–water partition coefficient (Wildman–Crippen LogP) is 1.48. The number of H-pyrrole nitrogens is 1. The van der Waals surface area contributed by atoms with Crippen molar-refractivity contribution in [2.75, 3.05) is 48.9 Å². The minimum atomic E-state index is -1.81. The minimum absolute atomic E-state index is 0.0243. The molecule has 3 amide bonds. The summed E-state index contributed by atoms with van der Waals surface area (Å²) in [6, 6.07) is 8.60. The molecule has 1 aromatic heterocycles. The van der Waals surface area contributed by atoms with Crippen LogP contribution in [0.3, 0.4) is 0 Å². The second-order valence-corrected chi connectivity index (χ2v) is 9.31. The SMILES string of the molecule is C[C@@H]1COCCN1C(=O)c1cc(N2CCO[C@H]([C@@H](O)C(=O)Nc3ccc4c(N)[nH]cc4c3)C2=O)ccc1F. The first kappa shape index (κ1) is 25.6. The molecule has 38 heavy (non-hydrogen) atoms. The van der Waals surface area contributed by atoms with Gasteiger partial charge in [0.1, 0.15) is 11.6 Å². The van der Waals surface area contributed by atoms with Gasteiger partial charge >= 0.3 is 0 Å². The molecule has 12 heteroatoms. The fourth-order valence-corrected chi connectivity index (χ4v) is 4.71. The number of aliphatic hydroxyl groups is 1. The van der Waals surface area contributed by atoms with E-state index in [-0.39, 0.29) is 30.4 Å². The third kappa shape index (κ3) is 4.80. The molecule has 0 radical (unpaired) electrons. The largest absolute Gasteiger partial charge is 0.385 e. The van der Waals surface area contributed by atoms with Crippen molar-refractivity contribution in [2.24, 2.45) is 0 Å². The summed E-state index contributed by atoms with van der Waals surface area (Å²) in [6.07, 6.45) is -1.61. The summed E-state index contributed by atoms with van der Waals surface area (Å²) in [5.74, 6) is -2.24. The highest BCUT2D eigenvalue weighted by Crippen LogP contribution is 2.26. The van der Waals surface area contributed by atoms with E-state index in [0.29, 0.717) is 31.3 Å². The van der Waals surface area contributed by atoms with Crippen LogP contribution in [0.15, 0.2) is 42.6 Å². The lowest BCUT2D eigenvalue weighted by Crippen LogP contribution is -2.55. The van der Waals surface area contributed by atoms with Gasteiger partial charge in [-0.05, 0) is 43.3 Å². The number of ether oxygens (including phenoxy) is 2. The maximum Gasteiger partial charge on any atom is 0.259 e. The highest BCUT2D eigenvalue weighted by molar-refractivity contribution is 6.05. The van der Waals surface area contributed by atoms with Gasteiger partial charge in [-0.2, -0.15) is 0 Å². The van der Waals surface area contributed by atoms with Gasteiger partial charge < -0.3 is 40.4 Å². The summed E-state index contributed by atoms with van der Waals surface area (Å²) in [5.41, 5.74) is 6.33. The zero-order valence-corrected chi connectivity index (χ0v) is 20.6. The van der Waals surface area contributed by atoms with E-state index in [4.69, 9.17) is 15.2 Å². The van der Waals surface area contributed by atoms with Crippen molar-refractivity contribution in [3.8, 4) is 0 Å². The Morgan fingerprint density at radius 3 is 2.82 bits per heavy atom. The zero-order chi connectivity index (χ0) is 27.0. The molecular formula is C26H28FN5O6. The summed E-state index contributed by atoms with van der Waals surface area (Å²) in [4.78, 5) is 44.8. The van der Waals surface area contributed by atoms with Gasteiger partial charge in [0.15, 0.2) is 12.2 Å². The molecule has 2 aliphatic rings. The van der Waals surface area contributed by atoms with Crippen molar-refractivity contribution >= 4 is 45.7 Å². The average Bonchev–Trinajstić information content (AvgIpc) is 3.28. The lowest BCUT2D eigenvalue weighted by Gasteiger charge is -2.35. The first-order valence-electron chi connectivity index (χ1n) is 12.2. The van der Waals surface area contributed by atoms with Crippen molar-refractivity contribution in [3.05, 3.63) is 54.0 Å². The van der Waals surface area contributed by atoms with E-state index in [1.54, 1.807) is 24.4 Å². The Labute approximate surface area is 217 Å². The van der Waals surface area contributed by atoms with Crippen molar-refractivity contribution < 1.29 is 33.4 Å². The maximum atomic E-state index is 14.7. The summed E-state index contributed by atoms with van der Waals surface area (Å²) in [7, 11) is 0. The number of fused-ring (bicyclic) bond motifs is 1. The van der Waals surface area contributed by atoms with E-state index >= 15 is 0 Å². The fraction of sp³-hybridized carbons (Fsp3) is 0.346. The maximum absolute atomic E-state index is 14.7. The van der Waals surface area contributed by atoms with E-state index in [9.17, 15) is 23.9 Å². The minimum Gasteiger partial charge on any atom is -0.385 e. The number of nitrogens with one attached hydrogen (secondary N) is 2. The van der Waals surface area contributed by atoms with E-state index in [0.717, 1.165) is 16.8 Å². The molecule has 2 aromatic carbocycles. The predicted molar refractivity (Wildman–Crippen MR) is 137 cm³/mol. The molecule has 0 saturated carbocycles. The van der Waals surface area contributed by atoms with E-state index in [2.05, 4.69) is 10.3 Å². The summed E-state index contributed by atoms with van der Waals surface area (Å²) in [6.45, 7) is 2.97. The molecule has 2 fully saturated rings. The van der Waals surface area contributed by atoms with E-state index < -0.39 is 35.7 Å². The van der Waals surface area contributed by atoms with Crippen molar-refractivity contribution in [3.63, 3.8) is 0 Å². The molecule has 5 rings (SSSR count). The number of rotatable bonds is 5. The molecule has 3 atom stereocenters. The standard InChI is InChI=1S/C26H28FN5O6/c1-14-13-37-8-6-31(14)25(35)19-11-17(3-5-20(19)27)32-7-9-38-22(26(32)36)21(33)24(34)30-16-2-4-18-15(10-16)12-29-23(18)28/h2-5,10-12,14,21-22,29,33H,6-9,13,28H2,1H3,(H,30,34)/t14-,21-,22-/m1/s1. The number of amides is 3. The number of halogens is 1. The number of benzene rings is 2. The second-order valence-electron chi connectivity index (χ2n) is 9.31. The number of nitrogen functional groups attached to an aromatic ring is 1. The summed E-state index contributed by atoms with van der Waals surface area (Å²) in [5, 5.41) is 14.8. The van der Waals surface area contributed by atoms with Gasteiger partial charge in [0, 0.05) is 41.4 Å². The van der Waals surface area contributed by atoms with Crippen LogP contribution in [0.4, 0.5) is 21.6 Å². The molecule has 200 valence electrons. The van der Waals surface area contributed by atoms with Gasteiger partial charge in [0.05, 0.1) is 31.4 Å². The van der Waals surface area contributed by atoms with Gasteiger partial charge in [-0.25, -0.2) is 4.39 Å². The number of aromatic nitrogens is 1. The fourth-order valence-electron chi connectivity index (χ4n) is 4.71. The number of aromatic amines is 1. The summed E-state index contributed by atoms with van der Waals surface area (Å²) >= 11 is 0. The molecule has 3 heterocycles. The third-order valence-corrected chi connectivity index (χ3v) is 6.79. The first-order chi connectivity index (χ1) is 18.2. The quantitative estimate of drug-likeness (QED) is 0.394. The van der Waals surface area contributed by atoms with Crippen LogP contribution in [-0.2, 0) is 19.1 Å². The number of nitrogens with two attached hydrogens (primary N) is 1. The normalized spacial score (nSPS) is 21.0. The monoisotopic (exact) mass is 525 g/mol. The third-order valence-electron chi connectivity index (χ3n) is 6.79. The van der Waals surface area contributed by atoms with Crippen LogP contribution in [0.25, 0.3) is 10.8 Å². The van der Waals surface area contributed by atoms with Crippen LogP contribution in [0.2, 0.25) is 0 Å². The first-order valence-corrected chi connectivity index (χ1v) is 12.2. The van der Waals surface area contributed by atoms with Crippen LogP contribution in [0, 0.1) is 5.82 Å². The van der Waals surface area contributed by atoms with Crippen molar-refractivity contribution in [1.29, 1.82) is 0 Å². The molecular weight excluding hydrogens is 497 g/mol. The molecule has 0 aliphatic carbocycles. The number of morpholine rings is 2. The number of anilines is 3. The zero-order valence-electron chi connectivity index (χ0n) is 20.6. The number of carbonyl (C=O) groups is 3. The molecule has 11 nitrogen and oxygen atoms in total. The van der Waals surface area contributed by atoms with Crippen molar-refractivity contribution in [2.45, 2.75) is 25.2 Å². The van der Waals surface area contributed by atoms with E-state index in [1.165, 1.54) is 21.9 Å². The number of aliphatic hydroxyl groups excluding tert-OH is 1. The van der Waals surface area contributed by atoms with Crippen LogP contribution in [0.5, 0.6) is 0 Å². The van der Waals surface area contributed by atoms with Gasteiger partial charge in [0.2, 0.25) is 0 Å². The molecule has 2 aliphatic heterocycles. The Balaban J connectivity index is 1.31. The molecule has 5 N–H and O–H groups in total. The molecule has 0 bridgehead atoms. The van der Waals surface area contributed by atoms with Gasteiger partial charge in [-0.1, -0.05) is 0 Å². The molecule has 0 unspecified atom stereocenters. The van der Waals surface area contributed by atoms with Crippen LogP contribution < -0.4 is 16.0 Å². The Morgan fingerprint density at radius 1 is 1.21 bits per heavy atom. The van der Waals surface area contributed by atoms with E-state index in [1.807, 2.05) is 6.92 Å². The van der Waals surface area contributed by atoms with Gasteiger partial charge in [0.25, 0.3) is 17.7 Å². The smallest absolute Gasteiger partial charge is 0.259 e. The Bertz CT molecular complexity index is 1390. The highest BCUT2D eigenvalue weighted by atomic mass is 19.1. The molecule has 3 aromatic rings.